The Bertz CT molecular complexity index is 398. The Morgan fingerprint density at radius 3 is 1.11 bits per heavy atom. The first-order valence-electron chi connectivity index (χ1n) is 6.17. The number of nitrogens with two attached hydrogens (primary N) is 2. The van der Waals surface area contributed by atoms with Gasteiger partial charge in [0.25, 0.3) is 0 Å². The maximum Gasteiger partial charge on any atom is 0.0178 e. The van der Waals surface area contributed by atoms with E-state index in [-0.39, 0.29) is 0 Å². The van der Waals surface area contributed by atoms with Crippen LogP contribution in [-0.4, -0.2) is 0 Å². The first-order valence-corrected chi connectivity index (χ1v) is 6.17. The fourth-order valence-electron chi connectivity index (χ4n) is 1.45. The van der Waals surface area contributed by atoms with Gasteiger partial charge in [-0.3, -0.25) is 0 Å². The quantitative estimate of drug-likeness (QED) is 0.850. The molecule has 0 radical (unpaired) electrons. The Morgan fingerprint density at radius 2 is 0.889 bits per heavy atom. The van der Waals surface area contributed by atoms with Crippen molar-refractivity contribution in [3.05, 3.63) is 70.8 Å². The first-order chi connectivity index (χ1) is 8.65. The summed E-state index contributed by atoms with van der Waals surface area (Å²) in [6.45, 7) is 5.42. The summed E-state index contributed by atoms with van der Waals surface area (Å²) in [6.07, 6.45) is 0. The van der Waals surface area contributed by atoms with E-state index in [2.05, 4.69) is 62.4 Å². The zero-order valence-electron chi connectivity index (χ0n) is 11.2. The summed E-state index contributed by atoms with van der Waals surface area (Å²) >= 11 is 0. The minimum atomic E-state index is 0.639. The third-order valence-electron chi connectivity index (χ3n) is 2.71. The predicted molar refractivity (Wildman–Crippen MR) is 78.1 cm³/mol. The highest BCUT2D eigenvalue weighted by Gasteiger charge is 1.85. The molecule has 0 aliphatic carbocycles. The van der Waals surface area contributed by atoms with E-state index in [9.17, 15) is 0 Å². The SMILES string of the molecule is Cc1ccc(CN)cc1.Cc1ccc(CN)cc1. The molecule has 0 heterocycles. The molecular weight excluding hydrogens is 220 g/mol. The summed E-state index contributed by atoms with van der Waals surface area (Å²) in [5.74, 6) is 0. The van der Waals surface area contributed by atoms with Gasteiger partial charge >= 0.3 is 0 Å². The highest BCUT2D eigenvalue weighted by atomic mass is 14.5. The molecule has 2 nitrogen and oxygen atoms in total. The van der Waals surface area contributed by atoms with Crippen LogP contribution in [0.1, 0.15) is 22.3 Å². The molecular formula is C16H22N2. The van der Waals surface area contributed by atoms with Gasteiger partial charge in [-0.25, -0.2) is 0 Å². The number of benzene rings is 2. The lowest BCUT2D eigenvalue weighted by molar-refractivity contribution is 1.07. The molecule has 0 atom stereocenters. The molecule has 0 unspecified atom stereocenters. The Morgan fingerprint density at radius 1 is 0.611 bits per heavy atom. The van der Waals surface area contributed by atoms with Crippen LogP contribution >= 0.6 is 0 Å². The molecule has 2 aromatic rings. The molecule has 2 rings (SSSR count). The van der Waals surface area contributed by atoms with Crippen molar-refractivity contribution in [2.24, 2.45) is 11.5 Å². The zero-order valence-corrected chi connectivity index (χ0v) is 11.2. The fraction of sp³-hybridized carbons (Fsp3) is 0.250. The van der Waals surface area contributed by atoms with E-state index in [0.29, 0.717) is 13.1 Å². The molecule has 0 aliphatic heterocycles. The number of hydrogen-bond acceptors (Lipinski definition) is 2. The van der Waals surface area contributed by atoms with Crippen molar-refractivity contribution in [1.29, 1.82) is 0 Å². The average molecular weight is 242 g/mol. The largest absolute Gasteiger partial charge is 0.326 e. The maximum atomic E-state index is 5.40. The molecule has 0 aliphatic rings. The highest BCUT2D eigenvalue weighted by molar-refractivity contribution is 5.21. The van der Waals surface area contributed by atoms with Gasteiger partial charge in [0.15, 0.2) is 0 Å². The molecule has 0 saturated carbocycles. The number of aryl methyl sites for hydroxylation is 2. The molecule has 4 N–H and O–H groups in total. The van der Waals surface area contributed by atoms with E-state index >= 15 is 0 Å². The van der Waals surface area contributed by atoms with Crippen LogP contribution in [0.5, 0.6) is 0 Å². The van der Waals surface area contributed by atoms with Crippen LogP contribution in [0.4, 0.5) is 0 Å². The molecule has 0 fully saturated rings. The molecule has 0 bridgehead atoms. The van der Waals surface area contributed by atoms with E-state index in [4.69, 9.17) is 11.5 Å². The molecule has 18 heavy (non-hydrogen) atoms. The van der Waals surface area contributed by atoms with Gasteiger partial charge in [-0.15, -0.1) is 0 Å². The Hall–Kier alpha value is -1.64. The summed E-state index contributed by atoms with van der Waals surface area (Å²) in [6, 6.07) is 16.5. The van der Waals surface area contributed by atoms with E-state index in [1.54, 1.807) is 0 Å². The maximum absolute atomic E-state index is 5.40. The van der Waals surface area contributed by atoms with Crippen LogP contribution in [0.3, 0.4) is 0 Å². The molecule has 0 saturated heterocycles. The summed E-state index contributed by atoms with van der Waals surface area (Å²) in [4.78, 5) is 0. The van der Waals surface area contributed by atoms with Gasteiger partial charge in [0.1, 0.15) is 0 Å². The summed E-state index contributed by atoms with van der Waals surface area (Å²) in [5, 5.41) is 0. The molecule has 0 spiro atoms. The topological polar surface area (TPSA) is 52.0 Å². The second kappa shape index (κ2) is 7.64. The normalized spacial score (nSPS) is 9.56. The second-order valence-corrected chi connectivity index (χ2v) is 4.38. The van der Waals surface area contributed by atoms with E-state index in [0.717, 1.165) is 0 Å². The minimum absolute atomic E-state index is 0.639. The van der Waals surface area contributed by atoms with Crippen molar-refractivity contribution in [3.63, 3.8) is 0 Å². The van der Waals surface area contributed by atoms with Crippen molar-refractivity contribution in [2.45, 2.75) is 26.9 Å². The summed E-state index contributed by atoms with van der Waals surface area (Å²) < 4.78 is 0. The van der Waals surface area contributed by atoms with Crippen LogP contribution in [0.25, 0.3) is 0 Å². The van der Waals surface area contributed by atoms with E-state index in [1.807, 2.05) is 0 Å². The molecule has 96 valence electrons. The van der Waals surface area contributed by atoms with Gasteiger partial charge < -0.3 is 11.5 Å². The van der Waals surface area contributed by atoms with E-state index in [1.165, 1.54) is 22.3 Å². The molecule has 0 amide bonds. The van der Waals surface area contributed by atoms with Gasteiger partial charge in [0, 0.05) is 13.1 Å². The monoisotopic (exact) mass is 242 g/mol. The standard InChI is InChI=1S/2C8H11N/c2*1-7-2-4-8(6-9)5-3-7/h2*2-5H,6,9H2,1H3. The predicted octanol–water partition coefficient (Wildman–Crippen LogP) is 2.91. The average Bonchev–Trinajstić information content (AvgIpc) is 2.41. The molecule has 2 aromatic carbocycles. The smallest absolute Gasteiger partial charge is 0.0178 e. The third-order valence-corrected chi connectivity index (χ3v) is 2.71. The number of hydrogen-bond donors (Lipinski definition) is 2. The van der Waals surface area contributed by atoms with Gasteiger partial charge in [-0.1, -0.05) is 59.7 Å². The fourth-order valence-corrected chi connectivity index (χ4v) is 1.45. The van der Waals surface area contributed by atoms with Crippen LogP contribution in [0, 0.1) is 13.8 Å². The van der Waals surface area contributed by atoms with Gasteiger partial charge in [-0.05, 0) is 25.0 Å². The number of rotatable bonds is 2. The Balaban J connectivity index is 0.000000180. The van der Waals surface area contributed by atoms with Crippen LogP contribution in [0.15, 0.2) is 48.5 Å². The Labute approximate surface area is 110 Å². The van der Waals surface area contributed by atoms with Gasteiger partial charge in [0.05, 0.1) is 0 Å². The molecule has 0 aromatic heterocycles. The zero-order chi connectivity index (χ0) is 13.4. The van der Waals surface area contributed by atoms with Crippen molar-refractivity contribution < 1.29 is 0 Å². The van der Waals surface area contributed by atoms with E-state index < -0.39 is 0 Å². The van der Waals surface area contributed by atoms with Gasteiger partial charge in [-0.2, -0.15) is 0 Å². The van der Waals surface area contributed by atoms with Crippen LogP contribution in [0.2, 0.25) is 0 Å². The first kappa shape index (κ1) is 14.4. The minimum Gasteiger partial charge on any atom is -0.326 e. The van der Waals surface area contributed by atoms with Gasteiger partial charge in [0.2, 0.25) is 0 Å². The van der Waals surface area contributed by atoms with Crippen molar-refractivity contribution >= 4 is 0 Å². The van der Waals surface area contributed by atoms with Crippen molar-refractivity contribution in [3.8, 4) is 0 Å². The lowest BCUT2D eigenvalue weighted by Crippen LogP contribution is -1.94. The second-order valence-electron chi connectivity index (χ2n) is 4.38. The highest BCUT2D eigenvalue weighted by Crippen LogP contribution is 2.01. The lowest BCUT2D eigenvalue weighted by Gasteiger charge is -1.94. The third kappa shape index (κ3) is 5.13. The van der Waals surface area contributed by atoms with Crippen LogP contribution < -0.4 is 11.5 Å². The summed E-state index contributed by atoms with van der Waals surface area (Å²) in [5.41, 5.74) is 15.8. The Kier molecular flexibility index (Phi) is 6.12. The van der Waals surface area contributed by atoms with Crippen LogP contribution in [-0.2, 0) is 13.1 Å². The lowest BCUT2D eigenvalue weighted by atomic mass is 10.2. The summed E-state index contributed by atoms with van der Waals surface area (Å²) in [7, 11) is 0. The van der Waals surface area contributed by atoms with Crippen molar-refractivity contribution in [2.75, 3.05) is 0 Å². The van der Waals surface area contributed by atoms with Crippen molar-refractivity contribution in [1.82, 2.24) is 0 Å². The molecule has 2 heteroatoms.